The van der Waals surface area contributed by atoms with Crippen LogP contribution < -0.4 is 21.8 Å². The van der Waals surface area contributed by atoms with Gasteiger partial charge in [-0.1, -0.05) is 30.3 Å². The first-order valence-corrected chi connectivity index (χ1v) is 9.84. The van der Waals surface area contributed by atoms with E-state index in [0.29, 0.717) is 23.6 Å². The number of nitrogens with one attached hydrogen (secondary N) is 1. The average Bonchev–Trinajstić information content (AvgIpc) is 3.51. The van der Waals surface area contributed by atoms with Crippen LogP contribution in [0.1, 0.15) is 30.9 Å². The van der Waals surface area contributed by atoms with E-state index in [0.717, 1.165) is 31.2 Å². The Hall–Kier alpha value is -2.39. The van der Waals surface area contributed by atoms with Gasteiger partial charge in [0.2, 0.25) is 0 Å². The molecule has 1 atom stereocenters. The second-order valence-electron chi connectivity index (χ2n) is 7.07. The van der Waals surface area contributed by atoms with Crippen molar-refractivity contribution >= 4 is 36.8 Å². The lowest BCUT2D eigenvalue weighted by molar-refractivity contribution is 0.636. The molecule has 1 unspecified atom stereocenters. The highest BCUT2D eigenvalue weighted by atomic mass is 31.0. The molecule has 1 heterocycles. The van der Waals surface area contributed by atoms with Crippen molar-refractivity contribution in [2.45, 2.75) is 31.7 Å². The lowest BCUT2D eigenvalue weighted by Gasteiger charge is -2.19. The van der Waals surface area contributed by atoms with Crippen LogP contribution in [-0.2, 0) is 6.42 Å². The molecule has 4 nitrogen and oxygen atoms in total. The molecule has 3 aromatic rings. The number of halogens is 1. The smallest absolute Gasteiger partial charge is 0.191 e. The molecule has 0 bridgehead atoms. The molecule has 27 heavy (non-hydrogen) atoms. The Balaban J connectivity index is 1.64. The number of fused-ring (bicyclic) bond motifs is 1. The van der Waals surface area contributed by atoms with Crippen LogP contribution in [0, 0.1) is 5.82 Å². The standard InChI is InChI=1S/C21H23FN3OP/c22-17-18(23)16-15(26)10-12-25(14-8-9-14)20(16)21(27)19(17)24-11-4-7-13-5-2-1-3-6-13/h1-3,5-6,10,12,14,24H,4,7-9,11,23,27H2. The van der Waals surface area contributed by atoms with E-state index in [1.807, 2.05) is 18.2 Å². The maximum absolute atomic E-state index is 14.9. The van der Waals surface area contributed by atoms with Crippen LogP contribution in [0.3, 0.4) is 0 Å². The van der Waals surface area contributed by atoms with E-state index in [1.54, 1.807) is 6.20 Å². The van der Waals surface area contributed by atoms with Crippen molar-refractivity contribution in [1.29, 1.82) is 0 Å². The Morgan fingerprint density at radius 2 is 1.96 bits per heavy atom. The maximum atomic E-state index is 14.9. The average molecular weight is 383 g/mol. The van der Waals surface area contributed by atoms with Gasteiger partial charge in [0.25, 0.3) is 0 Å². The van der Waals surface area contributed by atoms with Gasteiger partial charge < -0.3 is 15.6 Å². The van der Waals surface area contributed by atoms with E-state index in [1.165, 1.54) is 11.6 Å². The van der Waals surface area contributed by atoms with E-state index in [9.17, 15) is 9.18 Å². The summed E-state index contributed by atoms with van der Waals surface area (Å²) in [4.78, 5) is 12.3. The number of benzene rings is 2. The summed E-state index contributed by atoms with van der Waals surface area (Å²) in [6.45, 7) is 0.624. The highest BCUT2D eigenvalue weighted by Gasteiger charge is 2.27. The van der Waals surface area contributed by atoms with Crippen molar-refractivity contribution < 1.29 is 4.39 Å². The number of anilines is 2. The summed E-state index contributed by atoms with van der Waals surface area (Å²) in [6.07, 6.45) is 5.72. The summed E-state index contributed by atoms with van der Waals surface area (Å²) >= 11 is 0. The van der Waals surface area contributed by atoms with Gasteiger partial charge in [-0.2, -0.15) is 0 Å². The lowest BCUT2D eigenvalue weighted by Crippen LogP contribution is -2.20. The topological polar surface area (TPSA) is 60.0 Å². The van der Waals surface area contributed by atoms with Crippen molar-refractivity contribution in [2.24, 2.45) is 0 Å². The first-order chi connectivity index (χ1) is 13.1. The minimum atomic E-state index is -0.544. The van der Waals surface area contributed by atoms with Crippen molar-refractivity contribution in [3.63, 3.8) is 0 Å². The number of rotatable bonds is 6. The number of nitrogens with zero attached hydrogens (tertiary/aromatic N) is 1. The van der Waals surface area contributed by atoms with Crippen molar-refractivity contribution in [2.75, 3.05) is 17.6 Å². The second kappa shape index (κ2) is 7.32. The summed E-state index contributed by atoms with van der Waals surface area (Å²) in [5, 5.41) is 4.15. The number of nitrogen functional groups attached to an aromatic ring is 1. The molecule has 0 radical (unpaired) electrons. The summed E-state index contributed by atoms with van der Waals surface area (Å²) < 4.78 is 17.0. The van der Waals surface area contributed by atoms with E-state index >= 15 is 0 Å². The molecular formula is C21H23FN3OP. The number of hydrogen-bond donors (Lipinski definition) is 2. The Labute approximate surface area is 159 Å². The molecule has 3 N–H and O–H groups in total. The van der Waals surface area contributed by atoms with Gasteiger partial charge in [0.05, 0.1) is 22.3 Å². The first-order valence-electron chi connectivity index (χ1n) is 9.27. The third-order valence-electron chi connectivity index (χ3n) is 5.10. The van der Waals surface area contributed by atoms with Crippen LogP contribution in [0.2, 0.25) is 0 Å². The zero-order chi connectivity index (χ0) is 19.0. The molecule has 0 amide bonds. The van der Waals surface area contributed by atoms with E-state index in [4.69, 9.17) is 5.73 Å². The van der Waals surface area contributed by atoms with Crippen molar-refractivity contribution in [3.05, 3.63) is 64.2 Å². The van der Waals surface area contributed by atoms with Crippen molar-refractivity contribution in [1.82, 2.24) is 4.57 Å². The van der Waals surface area contributed by atoms with Crippen molar-refractivity contribution in [3.8, 4) is 0 Å². The Bertz CT molecular complexity index is 1040. The van der Waals surface area contributed by atoms with Gasteiger partial charge >= 0.3 is 0 Å². The predicted molar refractivity (Wildman–Crippen MR) is 113 cm³/mol. The third-order valence-corrected chi connectivity index (χ3v) is 5.67. The number of aromatic nitrogens is 1. The summed E-state index contributed by atoms with van der Waals surface area (Å²) in [5.74, 6) is -0.544. The van der Waals surface area contributed by atoms with Gasteiger partial charge in [0.15, 0.2) is 11.2 Å². The molecule has 140 valence electrons. The van der Waals surface area contributed by atoms with Crippen LogP contribution in [-0.4, -0.2) is 11.1 Å². The van der Waals surface area contributed by atoms with Gasteiger partial charge in [-0.05, 0) is 31.2 Å². The predicted octanol–water partition coefficient (Wildman–Crippen LogP) is 3.60. The molecule has 0 saturated heterocycles. The minimum Gasteiger partial charge on any atom is -0.396 e. The second-order valence-corrected chi connectivity index (χ2v) is 7.65. The van der Waals surface area contributed by atoms with Crippen LogP contribution in [0.15, 0.2) is 47.4 Å². The van der Waals surface area contributed by atoms with E-state index in [2.05, 4.69) is 31.3 Å². The number of aryl methyl sites for hydroxylation is 1. The molecule has 0 spiro atoms. The highest BCUT2D eigenvalue weighted by molar-refractivity contribution is 7.29. The quantitative estimate of drug-likeness (QED) is 0.388. The molecule has 1 saturated carbocycles. The Morgan fingerprint density at radius 3 is 2.67 bits per heavy atom. The fourth-order valence-electron chi connectivity index (χ4n) is 3.55. The molecule has 1 fully saturated rings. The summed E-state index contributed by atoms with van der Waals surface area (Å²) in [5.41, 5.74) is 8.08. The van der Waals surface area contributed by atoms with Crippen LogP contribution in [0.4, 0.5) is 15.8 Å². The molecule has 2 aromatic carbocycles. The SMILES string of the molecule is Nc1c(F)c(NCCCc2ccccc2)c(P)c2c1c(=O)ccn2C1CC1. The fraction of sp³-hybridized carbons (Fsp3) is 0.286. The molecular weight excluding hydrogens is 360 g/mol. The van der Waals surface area contributed by atoms with Crippen LogP contribution in [0.25, 0.3) is 10.9 Å². The van der Waals surface area contributed by atoms with E-state index in [-0.39, 0.29) is 16.5 Å². The minimum absolute atomic E-state index is 0.0678. The first kappa shape index (κ1) is 18.0. The van der Waals surface area contributed by atoms with Crippen LogP contribution in [0.5, 0.6) is 0 Å². The number of hydrogen-bond acceptors (Lipinski definition) is 3. The lowest BCUT2D eigenvalue weighted by atomic mass is 10.1. The number of nitrogens with two attached hydrogens (primary N) is 1. The fourth-order valence-corrected chi connectivity index (χ4v) is 4.07. The molecule has 0 aliphatic heterocycles. The normalized spacial score (nSPS) is 13.9. The van der Waals surface area contributed by atoms with Gasteiger partial charge in [-0.25, -0.2) is 4.39 Å². The molecule has 1 aromatic heterocycles. The van der Waals surface area contributed by atoms with Crippen LogP contribution >= 0.6 is 9.24 Å². The molecule has 1 aliphatic rings. The van der Waals surface area contributed by atoms with Gasteiger partial charge in [-0.15, -0.1) is 9.24 Å². The maximum Gasteiger partial charge on any atom is 0.191 e. The summed E-state index contributed by atoms with van der Waals surface area (Å²) in [7, 11) is 2.60. The zero-order valence-electron chi connectivity index (χ0n) is 15.0. The van der Waals surface area contributed by atoms with Gasteiger partial charge in [0.1, 0.15) is 0 Å². The monoisotopic (exact) mass is 383 g/mol. The number of pyridine rings is 1. The molecule has 1 aliphatic carbocycles. The molecule has 6 heteroatoms. The van der Waals surface area contributed by atoms with E-state index < -0.39 is 5.82 Å². The van der Waals surface area contributed by atoms with Gasteiger partial charge in [-0.3, -0.25) is 4.79 Å². The Kier molecular flexibility index (Phi) is 4.88. The Morgan fingerprint density at radius 1 is 1.22 bits per heavy atom. The third kappa shape index (κ3) is 3.44. The highest BCUT2D eigenvalue weighted by Crippen LogP contribution is 2.38. The summed E-state index contributed by atoms with van der Waals surface area (Å²) in [6, 6.07) is 12.0. The zero-order valence-corrected chi connectivity index (χ0v) is 16.2. The van der Waals surface area contributed by atoms with Gasteiger partial charge in [0, 0.05) is 30.2 Å². The molecule has 4 rings (SSSR count). The largest absolute Gasteiger partial charge is 0.396 e.